The maximum Gasteiger partial charge on any atom is 0.123 e. The third kappa shape index (κ3) is 4.22. The van der Waals surface area contributed by atoms with Crippen molar-refractivity contribution in [2.75, 3.05) is 32.8 Å². The number of likely N-dealkylation sites (tertiary alicyclic amines) is 1. The molecule has 1 atom stereocenters. The van der Waals surface area contributed by atoms with Gasteiger partial charge >= 0.3 is 0 Å². The van der Waals surface area contributed by atoms with Gasteiger partial charge in [0.1, 0.15) is 5.75 Å². The van der Waals surface area contributed by atoms with Gasteiger partial charge in [-0.3, -0.25) is 0 Å². The van der Waals surface area contributed by atoms with Crippen LogP contribution in [0.4, 0.5) is 0 Å². The summed E-state index contributed by atoms with van der Waals surface area (Å²) in [5, 5.41) is 3.58. The highest BCUT2D eigenvalue weighted by Crippen LogP contribution is 2.18. The molecule has 1 aromatic rings. The van der Waals surface area contributed by atoms with E-state index in [2.05, 4.69) is 35.3 Å². The quantitative estimate of drug-likeness (QED) is 0.817. The number of nitrogens with one attached hydrogen (secondary N) is 1. The first-order valence-electron chi connectivity index (χ1n) is 7.47. The zero-order valence-electron chi connectivity index (χ0n) is 12.2. The number of hydrogen-bond donors (Lipinski definition) is 1. The zero-order valence-corrected chi connectivity index (χ0v) is 12.2. The van der Waals surface area contributed by atoms with Gasteiger partial charge in [-0.1, -0.05) is 25.1 Å². The molecule has 3 heteroatoms. The van der Waals surface area contributed by atoms with Gasteiger partial charge in [-0.2, -0.15) is 0 Å². The molecule has 1 aliphatic heterocycles. The zero-order chi connectivity index (χ0) is 13.5. The van der Waals surface area contributed by atoms with Crippen molar-refractivity contribution < 1.29 is 4.74 Å². The Morgan fingerprint density at radius 1 is 1.32 bits per heavy atom. The standard InChI is InChI=1S/C16H26N2O/c1-3-18-10-9-14(13-18)11-17-12-15-7-5-6-8-16(15)19-4-2/h5-8,14,17H,3-4,9-13H2,1-2H3/t14-/m0/s1. The van der Waals surface area contributed by atoms with Crippen LogP contribution in [0.5, 0.6) is 5.75 Å². The molecule has 1 N–H and O–H groups in total. The van der Waals surface area contributed by atoms with Crippen molar-refractivity contribution in [3.63, 3.8) is 0 Å². The average Bonchev–Trinajstić information content (AvgIpc) is 2.89. The maximum atomic E-state index is 5.65. The molecule has 0 amide bonds. The van der Waals surface area contributed by atoms with Gasteiger partial charge in [0.25, 0.3) is 0 Å². The van der Waals surface area contributed by atoms with Crippen LogP contribution in [0.3, 0.4) is 0 Å². The summed E-state index contributed by atoms with van der Waals surface area (Å²) in [5.41, 5.74) is 1.26. The lowest BCUT2D eigenvalue weighted by atomic mass is 10.1. The molecule has 3 nitrogen and oxygen atoms in total. The smallest absolute Gasteiger partial charge is 0.123 e. The molecular formula is C16H26N2O. The molecule has 0 aromatic heterocycles. The fourth-order valence-electron chi connectivity index (χ4n) is 2.72. The van der Waals surface area contributed by atoms with Gasteiger partial charge in [0, 0.05) is 18.7 Å². The molecule has 1 aromatic carbocycles. The molecule has 0 radical (unpaired) electrons. The Hall–Kier alpha value is -1.06. The summed E-state index contributed by atoms with van der Waals surface area (Å²) in [7, 11) is 0. The maximum absolute atomic E-state index is 5.65. The Morgan fingerprint density at radius 2 is 2.16 bits per heavy atom. The van der Waals surface area contributed by atoms with Crippen LogP contribution < -0.4 is 10.1 Å². The number of hydrogen-bond acceptors (Lipinski definition) is 3. The largest absolute Gasteiger partial charge is 0.494 e. The van der Waals surface area contributed by atoms with Gasteiger partial charge in [-0.25, -0.2) is 0 Å². The predicted octanol–water partition coefficient (Wildman–Crippen LogP) is 2.52. The number of nitrogens with zero attached hydrogens (tertiary/aromatic N) is 1. The molecule has 0 bridgehead atoms. The van der Waals surface area contributed by atoms with Crippen molar-refractivity contribution in [2.24, 2.45) is 5.92 Å². The van der Waals surface area contributed by atoms with E-state index in [0.29, 0.717) is 0 Å². The van der Waals surface area contributed by atoms with E-state index < -0.39 is 0 Å². The molecule has 0 spiro atoms. The monoisotopic (exact) mass is 262 g/mol. The van der Waals surface area contributed by atoms with Crippen molar-refractivity contribution in [3.8, 4) is 5.75 Å². The third-order valence-electron chi connectivity index (χ3n) is 3.84. The number of para-hydroxylation sites is 1. The number of benzene rings is 1. The van der Waals surface area contributed by atoms with E-state index in [-0.39, 0.29) is 0 Å². The van der Waals surface area contributed by atoms with Crippen LogP contribution in [0.1, 0.15) is 25.8 Å². The molecular weight excluding hydrogens is 236 g/mol. The normalized spacial score (nSPS) is 19.8. The SMILES string of the molecule is CCOc1ccccc1CNC[C@@H]1CCN(CC)C1. The summed E-state index contributed by atoms with van der Waals surface area (Å²) in [6.45, 7) is 10.7. The summed E-state index contributed by atoms with van der Waals surface area (Å²) in [6.07, 6.45) is 1.33. The average molecular weight is 262 g/mol. The van der Waals surface area contributed by atoms with Crippen molar-refractivity contribution in [2.45, 2.75) is 26.8 Å². The first-order chi connectivity index (χ1) is 9.33. The highest BCUT2D eigenvalue weighted by Gasteiger charge is 2.20. The Balaban J connectivity index is 1.76. The van der Waals surface area contributed by atoms with Crippen LogP contribution in [0.15, 0.2) is 24.3 Å². The topological polar surface area (TPSA) is 24.5 Å². The van der Waals surface area contributed by atoms with E-state index >= 15 is 0 Å². The lowest BCUT2D eigenvalue weighted by Gasteiger charge is -2.15. The van der Waals surface area contributed by atoms with Crippen molar-refractivity contribution in [1.29, 1.82) is 0 Å². The van der Waals surface area contributed by atoms with Gasteiger partial charge in [-0.15, -0.1) is 0 Å². The number of ether oxygens (including phenoxy) is 1. The molecule has 1 heterocycles. The van der Waals surface area contributed by atoms with E-state index in [1.807, 2.05) is 13.0 Å². The molecule has 1 saturated heterocycles. The molecule has 0 saturated carbocycles. The summed E-state index contributed by atoms with van der Waals surface area (Å²) < 4.78 is 5.65. The summed E-state index contributed by atoms with van der Waals surface area (Å²) in [6, 6.07) is 8.30. The molecule has 2 rings (SSSR count). The minimum absolute atomic E-state index is 0.727. The second kappa shape index (κ2) is 7.51. The molecule has 19 heavy (non-hydrogen) atoms. The first kappa shape index (κ1) is 14.4. The Bertz CT molecular complexity index is 381. The number of rotatable bonds is 7. The second-order valence-corrected chi connectivity index (χ2v) is 5.22. The van der Waals surface area contributed by atoms with Crippen LogP contribution in [-0.2, 0) is 6.54 Å². The highest BCUT2D eigenvalue weighted by molar-refractivity contribution is 5.33. The Kier molecular flexibility index (Phi) is 5.67. The lowest BCUT2D eigenvalue weighted by Crippen LogP contribution is -2.26. The van der Waals surface area contributed by atoms with Crippen molar-refractivity contribution in [3.05, 3.63) is 29.8 Å². The van der Waals surface area contributed by atoms with E-state index in [0.717, 1.165) is 31.4 Å². The summed E-state index contributed by atoms with van der Waals surface area (Å²) in [5.74, 6) is 1.82. The van der Waals surface area contributed by atoms with E-state index in [1.54, 1.807) is 0 Å². The van der Waals surface area contributed by atoms with Crippen LogP contribution in [0.25, 0.3) is 0 Å². The lowest BCUT2D eigenvalue weighted by molar-refractivity contribution is 0.332. The minimum Gasteiger partial charge on any atom is -0.494 e. The van der Waals surface area contributed by atoms with E-state index in [4.69, 9.17) is 4.74 Å². The van der Waals surface area contributed by atoms with Crippen LogP contribution in [0, 0.1) is 5.92 Å². The van der Waals surface area contributed by atoms with E-state index in [9.17, 15) is 0 Å². The van der Waals surface area contributed by atoms with Gasteiger partial charge in [0.2, 0.25) is 0 Å². The Labute approximate surface area is 116 Å². The highest BCUT2D eigenvalue weighted by atomic mass is 16.5. The van der Waals surface area contributed by atoms with Crippen molar-refractivity contribution >= 4 is 0 Å². The third-order valence-corrected chi connectivity index (χ3v) is 3.84. The molecule has 0 aliphatic carbocycles. The van der Waals surface area contributed by atoms with Gasteiger partial charge in [-0.05, 0) is 45.0 Å². The fourth-order valence-corrected chi connectivity index (χ4v) is 2.72. The van der Waals surface area contributed by atoms with Crippen LogP contribution in [0.2, 0.25) is 0 Å². The van der Waals surface area contributed by atoms with Gasteiger partial charge in [0.05, 0.1) is 6.61 Å². The summed E-state index contributed by atoms with van der Waals surface area (Å²) in [4.78, 5) is 2.53. The minimum atomic E-state index is 0.727. The summed E-state index contributed by atoms with van der Waals surface area (Å²) >= 11 is 0. The van der Waals surface area contributed by atoms with E-state index in [1.165, 1.54) is 31.6 Å². The first-order valence-corrected chi connectivity index (χ1v) is 7.47. The molecule has 106 valence electrons. The molecule has 1 fully saturated rings. The van der Waals surface area contributed by atoms with Crippen LogP contribution >= 0.6 is 0 Å². The predicted molar refractivity (Wildman–Crippen MR) is 79.5 cm³/mol. The van der Waals surface area contributed by atoms with Crippen LogP contribution in [-0.4, -0.2) is 37.7 Å². The fraction of sp³-hybridized carbons (Fsp3) is 0.625. The van der Waals surface area contributed by atoms with Gasteiger partial charge < -0.3 is 15.0 Å². The molecule has 0 unspecified atom stereocenters. The van der Waals surface area contributed by atoms with Gasteiger partial charge in [0.15, 0.2) is 0 Å². The molecule has 1 aliphatic rings. The van der Waals surface area contributed by atoms with Crippen molar-refractivity contribution in [1.82, 2.24) is 10.2 Å². The second-order valence-electron chi connectivity index (χ2n) is 5.22. The Morgan fingerprint density at radius 3 is 2.89 bits per heavy atom.